The lowest BCUT2D eigenvalue weighted by Gasteiger charge is -2.06. The summed E-state index contributed by atoms with van der Waals surface area (Å²) in [4.78, 5) is 12.8. The van der Waals surface area contributed by atoms with Crippen LogP contribution in [0.5, 0.6) is 5.75 Å². The molecule has 3 aromatic rings. The van der Waals surface area contributed by atoms with E-state index in [0.717, 1.165) is 29.4 Å². The van der Waals surface area contributed by atoms with Gasteiger partial charge in [-0.25, -0.2) is 0 Å². The molecule has 5 heteroatoms. The Morgan fingerprint density at radius 2 is 1.83 bits per heavy atom. The van der Waals surface area contributed by atoms with Crippen molar-refractivity contribution in [2.75, 3.05) is 0 Å². The number of aryl methyl sites for hydroxylation is 1. The Balaban J connectivity index is 2.01. The zero-order valence-corrected chi connectivity index (χ0v) is 16.7. The van der Waals surface area contributed by atoms with Crippen molar-refractivity contribution >= 4 is 61.9 Å². The first-order valence-electron chi connectivity index (χ1n) is 7.21. The fraction of sp³-hybridized carbons (Fsp3) is 0.167. The van der Waals surface area contributed by atoms with Crippen LogP contribution < -0.4 is 0 Å². The molecule has 1 aromatic heterocycles. The number of aromatic hydroxyl groups is 1. The molecule has 0 spiro atoms. The van der Waals surface area contributed by atoms with Crippen molar-refractivity contribution in [2.45, 2.75) is 19.8 Å². The van der Waals surface area contributed by atoms with E-state index in [1.165, 1.54) is 0 Å². The van der Waals surface area contributed by atoms with Crippen LogP contribution in [-0.4, -0.2) is 10.9 Å². The van der Waals surface area contributed by atoms with Gasteiger partial charge in [-0.2, -0.15) is 0 Å². The number of carbonyl (C=O) groups is 1. The molecule has 0 atom stereocenters. The Bertz CT molecular complexity index is 873. The number of halogens is 2. The molecule has 0 saturated carbocycles. The van der Waals surface area contributed by atoms with Gasteiger partial charge in [0.15, 0.2) is 5.78 Å². The van der Waals surface area contributed by atoms with Crippen LogP contribution in [0.15, 0.2) is 40.8 Å². The van der Waals surface area contributed by atoms with Crippen LogP contribution in [0.2, 0.25) is 0 Å². The topological polar surface area (TPSA) is 50.4 Å². The molecule has 0 aliphatic heterocycles. The lowest BCUT2D eigenvalue weighted by molar-refractivity contribution is 0.0992. The summed E-state index contributed by atoms with van der Waals surface area (Å²) in [5.41, 5.74) is 2.33. The number of rotatable bonds is 4. The molecule has 0 saturated heterocycles. The third-order valence-electron chi connectivity index (χ3n) is 3.71. The van der Waals surface area contributed by atoms with Crippen molar-refractivity contribution in [2.24, 2.45) is 0 Å². The molecule has 1 heterocycles. The van der Waals surface area contributed by atoms with E-state index in [-0.39, 0.29) is 11.5 Å². The van der Waals surface area contributed by atoms with Gasteiger partial charge in [-0.1, -0.05) is 25.1 Å². The fourth-order valence-electron chi connectivity index (χ4n) is 2.64. The quantitative estimate of drug-likeness (QED) is 0.365. The molecule has 0 aliphatic carbocycles. The van der Waals surface area contributed by atoms with E-state index < -0.39 is 0 Å². The summed E-state index contributed by atoms with van der Waals surface area (Å²) < 4.78 is 7.32. The summed E-state index contributed by atoms with van der Waals surface area (Å²) in [6, 6.07) is 11.3. The number of ketones is 1. The van der Waals surface area contributed by atoms with Gasteiger partial charge in [0.1, 0.15) is 17.1 Å². The first-order chi connectivity index (χ1) is 11.0. The minimum atomic E-state index is 0.0455. The predicted molar refractivity (Wildman–Crippen MR) is 107 cm³/mol. The Labute approximate surface area is 161 Å². The maximum Gasteiger partial charge on any atom is 0.171 e. The molecule has 0 bridgehead atoms. The van der Waals surface area contributed by atoms with E-state index in [0.29, 0.717) is 18.4 Å². The van der Waals surface area contributed by atoms with Gasteiger partial charge in [-0.05, 0) is 68.9 Å². The number of hydrogen-bond acceptors (Lipinski definition) is 3. The summed E-state index contributed by atoms with van der Waals surface area (Å²) >= 11 is 4.16. The van der Waals surface area contributed by atoms with Crippen LogP contribution in [0.25, 0.3) is 11.0 Å². The highest BCUT2D eigenvalue weighted by Crippen LogP contribution is 2.30. The average Bonchev–Trinajstić information content (AvgIpc) is 2.91. The molecule has 0 unspecified atom stereocenters. The number of benzene rings is 2. The van der Waals surface area contributed by atoms with E-state index in [4.69, 9.17) is 4.42 Å². The van der Waals surface area contributed by atoms with E-state index in [1.54, 1.807) is 0 Å². The van der Waals surface area contributed by atoms with Crippen molar-refractivity contribution in [3.63, 3.8) is 0 Å². The first kappa shape index (κ1) is 16.8. The van der Waals surface area contributed by atoms with E-state index >= 15 is 0 Å². The Morgan fingerprint density at radius 3 is 2.48 bits per heavy atom. The molecule has 118 valence electrons. The van der Waals surface area contributed by atoms with Crippen LogP contribution in [0, 0.1) is 7.14 Å². The average molecular weight is 532 g/mol. The monoisotopic (exact) mass is 532 g/mol. The van der Waals surface area contributed by atoms with Crippen LogP contribution in [0.4, 0.5) is 0 Å². The van der Waals surface area contributed by atoms with Crippen molar-refractivity contribution < 1.29 is 14.3 Å². The second kappa shape index (κ2) is 6.80. The molecular weight excluding hydrogens is 518 g/mol. The Morgan fingerprint density at radius 1 is 1.17 bits per heavy atom. The zero-order valence-electron chi connectivity index (χ0n) is 12.4. The van der Waals surface area contributed by atoms with Crippen molar-refractivity contribution in [3.8, 4) is 5.75 Å². The lowest BCUT2D eigenvalue weighted by Crippen LogP contribution is -2.06. The summed E-state index contributed by atoms with van der Waals surface area (Å²) in [6.07, 6.45) is 0.975. The minimum Gasteiger partial charge on any atom is -0.506 e. The Hall–Kier alpha value is -1.09. The normalized spacial score (nSPS) is 11.1. The number of hydrogen-bond donors (Lipinski definition) is 1. The van der Waals surface area contributed by atoms with Gasteiger partial charge in [0.25, 0.3) is 0 Å². The predicted octanol–water partition coefficient (Wildman–Crippen LogP) is 5.34. The van der Waals surface area contributed by atoms with Crippen LogP contribution in [0.3, 0.4) is 0 Å². The third kappa shape index (κ3) is 3.26. The van der Waals surface area contributed by atoms with Gasteiger partial charge in [-0.15, -0.1) is 0 Å². The number of Topliss-reactive ketones (excluding diaryl/α,β-unsaturated/α-hetero) is 1. The van der Waals surface area contributed by atoms with Crippen molar-refractivity contribution in [3.05, 3.63) is 60.4 Å². The summed E-state index contributed by atoms with van der Waals surface area (Å²) in [5.74, 6) is 1.05. The second-order valence-corrected chi connectivity index (χ2v) is 7.58. The zero-order chi connectivity index (χ0) is 16.6. The molecule has 2 aromatic carbocycles. The molecule has 0 fully saturated rings. The SMILES string of the molecule is CCc1oc2ccccc2c1C(=O)Cc1cc(I)c(O)c(I)c1. The van der Waals surface area contributed by atoms with Crippen LogP contribution in [-0.2, 0) is 12.8 Å². The number of fused-ring (bicyclic) bond motifs is 1. The molecule has 0 amide bonds. The summed E-state index contributed by atoms with van der Waals surface area (Å²) in [6.45, 7) is 1.99. The number of phenolic OH excluding ortho intramolecular Hbond substituents is 1. The van der Waals surface area contributed by atoms with Gasteiger partial charge in [0.2, 0.25) is 0 Å². The van der Waals surface area contributed by atoms with Crippen LogP contribution >= 0.6 is 45.2 Å². The highest BCUT2D eigenvalue weighted by atomic mass is 127. The summed E-state index contributed by atoms with van der Waals surface area (Å²) in [7, 11) is 0. The first-order valence-corrected chi connectivity index (χ1v) is 9.37. The smallest absolute Gasteiger partial charge is 0.171 e. The van der Waals surface area contributed by atoms with Crippen molar-refractivity contribution in [1.29, 1.82) is 0 Å². The third-order valence-corrected chi connectivity index (χ3v) is 5.35. The van der Waals surface area contributed by atoms with Gasteiger partial charge in [-0.3, -0.25) is 4.79 Å². The van der Waals surface area contributed by atoms with Gasteiger partial charge < -0.3 is 9.52 Å². The van der Waals surface area contributed by atoms with E-state index in [1.807, 2.05) is 43.3 Å². The maximum atomic E-state index is 12.8. The lowest BCUT2D eigenvalue weighted by atomic mass is 9.99. The molecule has 3 nitrogen and oxygen atoms in total. The maximum absolute atomic E-state index is 12.8. The highest BCUT2D eigenvalue weighted by molar-refractivity contribution is 14.1. The van der Waals surface area contributed by atoms with E-state index in [2.05, 4.69) is 45.2 Å². The molecular formula is C18H14I2O3. The molecule has 1 N–H and O–H groups in total. The fourth-order valence-corrected chi connectivity index (χ4v) is 4.54. The Kier molecular flexibility index (Phi) is 4.96. The molecule has 0 radical (unpaired) electrons. The van der Waals surface area contributed by atoms with Gasteiger partial charge >= 0.3 is 0 Å². The largest absolute Gasteiger partial charge is 0.506 e. The van der Waals surface area contributed by atoms with Crippen molar-refractivity contribution in [1.82, 2.24) is 0 Å². The minimum absolute atomic E-state index is 0.0455. The molecule has 0 aliphatic rings. The van der Waals surface area contributed by atoms with E-state index in [9.17, 15) is 9.90 Å². The van der Waals surface area contributed by atoms with Gasteiger partial charge in [0.05, 0.1) is 12.7 Å². The summed E-state index contributed by atoms with van der Waals surface area (Å²) in [5, 5.41) is 10.7. The standard InChI is InChI=1S/C18H14I2O3/c1-2-15-17(11-5-3-4-6-16(11)23-15)14(21)9-10-7-12(19)18(22)13(20)8-10/h3-8,22H,2,9H2,1H3. The highest BCUT2D eigenvalue weighted by Gasteiger charge is 2.20. The number of carbonyl (C=O) groups excluding carboxylic acids is 1. The second-order valence-electron chi connectivity index (χ2n) is 5.26. The number of phenols is 1. The van der Waals surface area contributed by atoms with Crippen LogP contribution in [0.1, 0.15) is 28.6 Å². The number of furan rings is 1. The number of para-hydroxylation sites is 1. The molecule has 3 rings (SSSR count). The van der Waals surface area contributed by atoms with Gasteiger partial charge in [0, 0.05) is 18.2 Å². The molecule has 23 heavy (non-hydrogen) atoms.